The van der Waals surface area contributed by atoms with Crippen molar-refractivity contribution < 1.29 is 29.4 Å². The minimum absolute atomic E-state index is 0.0826. The van der Waals surface area contributed by atoms with Gasteiger partial charge in [-0.05, 0) is 55.7 Å². The third-order valence-corrected chi connectivity index (χ3v) is 6.04. The highest BCUT2D eigenvalue weighted by atomic mass is 16.7. The molecule has 0 aliphatic heterocycles. The quantitative estimate of drug-likeness (QED) is 0.0447. The Hall–Kier alpha value is -3.39. The minimum atomic E-state index is -1.77. The van der Waals surface area contributed by atoms with Crippen LogP contribution >= 0.6 is 0 Å². The number of nitrogens with one attached hydrogen (secondary N) is 5. The molecular formula is C22H35BN6O7. The molecule has 1 aliphatic carbocycles. The first-order valence-corrected chi connectivity index (χ1v) is 11.8. The van der Waals surface area contributed by atoms with E-state index >= 15 is 0 Å². The van der Waals surface area contributed by atoms with Gasteiger partial charge in [0.05, 0.1) is 18.5 Å². The number of benzene rings is 1. The highest BCUT2D eigenvalue weighted by Crippen LogP contribution is 2.48. The van der Waals surface area contributed by atoms with Crippen LogP contribution < -0.4 is 26.1 Å². The van der Waals surface area contributed by atoms with E-state index in [4.69, 9.17) is 10.1 Å². The summed E-state index contributed by atoms with van der Waals surface area (Å²) in [5, 5.41) is 44.3. The van der Waals surface area contributed by atoms with Crippen LogP contribution in [-0.4, -0.2) is 65.6 Å². The first kappa shape index (κ1) is 28.8. The summed E-state index contributed by atoms with van der Waals surface area (Å²) in [4.78, 5) is 36.8. The van der Waals surface area contributed by atoms with Crippen LogP contribution in [0.25, 0.3) is 0 Å². The maximum Gasteiger partial charge on any atom is 0.475 e. The van der Waals surface area contributed by atoms with E-state index < -0.39 is 41.4 Å². The zero-order valence-electron chi connectivity index (χ0n) is 20.7. The molecule has 198 valence electrons. The van der Waals surface area contributed by atoms with Gasteiger partial charge in [0.1, 0.15) is 11.8 Å². The molecule has 1 fully saturated rings. The van der Waals surface area contributed by atoms with Crippen LogP contribution in [0.2, 0.25) is 0 Å². The monoisotopic (exact) mass is 506 g/mol. The molecule has 1 saturated carbocycles. The van der Waals surface area contributed by atoms with Gasteiger partial charge in [-0.3, -0.25) is 15.0 Å². The zero-order valence-corrected chi connectivity index (χ0v) is 20.7. The van der Waals surface area contributed by atoms with Gasteiger partial charge in [0.15, 0.2) is 5.03 Å². The largest absolute Gasteiger partial charge is 0.497 e. The molecule has 7 N–H and O–H groups in total. The summed E-state index contributed by atoms with van der Waals surface area (Å²) in [5.41, 5.74) is 1.73. The number of carbonyl (C=O) groups excluding carboxylic acids is 2. The first-order chi connectivity index (χ1) is 17.0. The number of methoxy groups -OCH3 is 1. The lowest BCUT2D eigenvalue weighted by Gasteiger charge is -2.26. The fourth-order valence-electron chi connectivity index (χ4n) is 3.94. The van der Waals surface area contributed by atoms with E-state index in [0.717, 1.165) is 5.56 Å². The Kier molecular flexibility index (Phi) is 10.5. The van der Waals surface area contributed by atoms with Crippen LogP contribution in [0.3, 0.4) is 0 Å². The number of ether oxygens (including phenoxy) is 1. The molecule has 0 radical (unpaired) electrons. The van der Waals surface area contributed by atoms with Gasteiger partial charge in [0.25, 0.3) is 5.96 Å². The van der Waals surface area contributed by atoms with Crippen LogP contribution in [0.4, 0.5) is 0 Å². The SMILES string of the molecule is COc1ccc(C2(C(=O)N[C@@H](CCCNC(=N)N[N+](=O)[O-])C(=O)N[C@@H](CC(C)C)B(O)O)CC2)cc1. The highest BCUT2D eigenvalue weighted by molar-refractivity contribution is 6.43. The molecule has 1 aromatic carbocycles. The van der Waals surface area contributed by atoms with E-state index in [0.29, 0.717) is 31.4 Å². The van der Waals surface area contributed by atoms with Crippen molar-refractivity contribution in [3.8, 4) is 5.75 Å². The van der Waals surface area contributed by atoms with Crippen molar-refractivity contribution in [1.29, 1.82) is 5.41 Å². The van der Waals surface area contributed by atoms with Gasteiger partial charge in [-0.2, -0.15) is 0 Å². The predicted molar refractivity (Wildman–Crippen MR) is 133 cm³/mol. The molecule has 0 bridgehead atoms. The Morgan fingerprint density at radius 3 is 2.36 bits per heavy atom. The van der Waals surface area contributed by atoms with Gasteiger partial charge in [-0.25, -0.2) is 10.1 Å². The second-order valence-corrected chi connectivity index (χ2v) is 9.31. The van der Waals surface area contributed by atoms with Crippen LogP contribution in [0.5, 0.6) is 5.75 Å². The van der Waals surface area contributed by atoms with Crippen molar-refractivity contribution in [1.82, 2.24) is 21.4 Å². The summed E-state index contributed by atoms with van der Waals surface area (Å²) in [6.07, 6.45) is 2.02. The third-order valence-electron chi connectivity index (χ3n) is 6.04. The fraction of sp³-hybridized carbons (Fsp3) is 0.591. The Bertz CT molecular complexity index is 924. The lowest BCUT2D eigenvalue weighted by Crippen LogP contribution is -2.55. The lowest BCUT2D eigenvalue weighted by molar-refractivity contribution is -0.525. The van der Waals surface area contributed by atoms with Crippen LogP contribution in [0.1, 0.15) is 51.5 Å². The molecule has 1 aromatic rings. The molecule has 13 nitrogen and oxygen atoms in total. The van der Waals surface area contributed by atoms with E-state index in [9.17, 15) is 29.8 Å². The van der Waals surface area contributed by atoms with Crippen molar-refractivity contribution in [3.05, 3.63) is 39.9 Å². The maximum atomic E-state index is 13.3. The normalized spacial score (nSPS) is 15.3. The number of hydrazine groups is 1. The topological polar surface area (TPSA) is 199 Å². The second kappa shape index (κ2) is 13.1. The van der Waals surface area contributed by atoms with E-state index in [1.807, 2.05) is 26.0 Å². The summed E-state index contributed by atoms with van der Waals surface area (Å²) in [7, 11) is -0.214. The summed E-state index contributed by atoms with van der Waals surface area (Å²) < 4.78 is 5.18. The van der Waals surface area contributed by atoms with E-state index in [2.05, 4.69) is 16.0 Å². The van der Waals surface area contributed by atoms with Crippen LogP contribution in [0.15, 0.2) is 24.3 Å². The number of amides is 2. The molecule has 0 aromatic heterocycles. The number of hydrogen-bond acceptors (Lipinski definition) is 8. The average Bonchev–Trinajstić information content (AvgIpc) is 3.62. The molecule has 2 atom stereocenters. The highest BCUT2D eigenvalue weighted by Gasteiger charge is 2.52. The first-order valence-electron chi connectivity index (χ1n) is 11.8. The van der Waals surface area contributed by atoms with Gasteiger partial charge in [-0.15, -0.1) is 0 Å². The summed E-state index contributed by atoms with van der Waals surface area (Å²) in [6.45, 7) is 3.90. The number of guanidine groups is 1. The number of nitro groups is 1. The molecule has 36 heavy (non-hydrogen) atoms. The van der Waals surface area contributed by atoms with E-state index in [1.54, 1.807) is 24.7 Å². The molecule has 0 spiro atoms. The van der Waals surface area contributed by atoms with Crippen LogP contribution in [0, 0.1) is 21.4 Å². The Balaban J connectivity index is 2.10. The number of rotatable bonds is 14. The van der Waals surface area contributed by atoms with Crippen molar-refractivity contribution in [3.63, 3.8) is 0 Å². The summed E-state index contributed by atoms with van der Waals surface area (Å²) in [6, 6.07) is 6.19. The average molecular weight is 506 g/mol. The smallest absolute Gasteiger partial charge is 0.475 e. The number of hydrogen-bond donors (Lipinski definition) is 7. The molecule has 0 saturated heterocycles. The van der Waals surface area contributed by atoms with Crippen molar-refractivity contribution in [2.75, 3.05) is 13.7 Å². The van der Waals surface area contributed by atoms with Gasteiger partial charge >= 0.3 is 7.12 Å². The zero-order chi connectivity index (χ0) is 26.9. The molecular weight excluding hydrogens is 471 g/mol. The van der Waals surface area contributed by atoms with Crippen LogP contribution in [-0.2, 0) is 15.0 Å². The molecule has 14 heteroatoms. The number of nitrogens with zero attached hydrogens (tertiary/aromatic N) is 1. The molecule has 1 aliphatic rings. The third kappa shape index (κ3) is 8.38. The maximum absolute atomic E-state index is 13.3. The molecule has 2 rings (SSSR count). The van der Waals surface area contributed by atoms with Gasteiger partial charge < -0.3 is 30.7 Å². The Labute approximate surface area is 210 Å². The summed E-state index contributed by atoms with van der Waals surface area (Å²) in [5.74, 6) is -1.54. The second-order valence-electron chi connectivity index (χ2n) is 9.31. The Morgan fingerprint density at radius 1 is 1.22 bits per heavy atom. The lowest BCUT2D eigenvalue weighted by atomic mass is 9.75. The summed E-state index contributed by atoms with van der Waals surface area (Å²) >= 11 is 0. The number of carbonyl (C=O) groups is 2. The molecule has 0 unspecified atom stereocenters. The Morgan fingerprint density at radius 2 is 1.86 bits per heavy atom. The standard InChI is InChI=1S/C22H35BN6O7/c1-14(2)13-18(23(32)33)27-19(30)17(5-4-12-25-21(24)28-29(34)35)26-20(31)22(10-11-22)15-6-8-16(36-3)9-7-15/h6-9,14,17-18,32-33H,4-5,10-13H2,1-3H3,(H,26,31)(H,27,30)(H3,24,25,28)/t17-,18-/m0/s1. The van der Waals surface area contributed by atoms with Crippen molar-refractivity contribution >= 4 is 24.9 Å². The predicted octanol–water partition coefficient (Wildman–Crippen LogP) is -0.160. The fourth-order valence-corrected chi connectivity index (χ4v) is 3.94. The molecule has 0 heterocycles. The molecule has 2 amide bonds. The van der Waals surface area contributed by atoms with E-state index in [1.165, 1.54) is 0 Å². The minimum Gasteiger partial charge on any atom is -0.497 e. The van der Waals surface area contributed by atoms with Crippen molar-refractivity contribution in [2.24, 2.45) is 5.92 Å². The van der Waals surface area contributed by atoms with Crippen molar-refractivity contribution in [2.45, 2.75) is 63.3 Å². The van der Waals surface area contributed by atoms with E-state index in [-0.39, 0.29) is 24.8 Å². The van der Waals surface area contributed by atoms with Gasteiger partial charge in [0.2, 0.25) is 11.8 Å². The van der Waals surface area contributed by atoms with Gasteiger partial charge in [-0.1, -0.05) is 31.4 Å². The van der Waals surface area contributed by atoms with Gasteiger partial charge in [0, 0.05) is 6.54 Å².